The molecule has 2 heterocycles. The molecule has 0 aromatic carbocycles. The Morgan fingerprint density at radius 1 is 1.56 bits per heavy atom. The number of aromatic nitrogens is 1. The first-order valence-corrected chi connectivity index (χ1v) is 6.08. The molecule has 0 saturated carbocycles. The van der Waals surface area contributed by atoms with Crippen molar-refractivity contribution in [3.05, 3.63) is 11.8 Å². The van der Waals surface area contributed by atoms with E-state index in [0.29, 0.717) is 24.7 Å². The zero-order valence-corrected chi connectivity index (χ0v) is 11.2. The Morgan fingerprint density at radius 2 is 2.22 bits per heavy atom. The maximum Gasteiger partial charge on any atom is 0.328 e. The number of aliphatic hydroxyl groups excluding tert-OH is 1. The second-order valence-electron chi connectivity index (χ2n) is 5.47. The average molecular weight is 253 g/mol. The maximum absolute atomic E-state index is 12.0. The van der Waals surface area contributed by atoms with Crippen LogP contribution in [0.2, 0.25) is 0 Å². The summed E-state index contributed by atoms with van der Waals surface area (Å²) in [5.74, 6) is 1.06. The van der Waals surface area contributed by atoms with Gasteiger partial charge in [-0.3, -0.25) is 0 Å². The molecule has 0 spiro atoms. The number of carbonyl (C=O) groups excluding carboxylic acids is 1. The van der Waals surface area contributed by atoms with Gasteiger partial charge in [0.15, 0.2) is 12.0 Å². The zero-order chi connectivity index (χ0) is 13.5. The molecule has 1 unspecified atom stereocenters. The quantitative estimate of drug-likeness (QED) is 0.868. The first kappa shape index (κ1) is 12.9. The van der Waals surface area contributed by atoms with Crippen LogP contribution in [0.3, 0.4) is 0 Å². The van der Waals surface area contributed by atoms with Crippen molar-refractivity contribution in [3.63, 3.8) is 0 Å². The summed E-state index contributed by atoms with van der Waals surface area (Å²) < 4.78 is 5.23. The van der Waals surface area contributed by atoms with E-state index >= 15 is 0 Å². The van der Waals surface area contributed by atoms with Crippen molar-refractivity contribution in [1.29, 1.82) is 0 Å². The fourth-order valence-corrected chi connectivity index (χ4v) is 1.88. The van der Waals surface area contributed by atoms with Crippen LogP contribution in [-0.4, -0.2) is 40.5 Å². The molecule has 1 fully saturated rings. The Hall–Kier alpha value is -1.56. The van der Waals surface area contributed by atoms with E-state index in [-0.39, 0.29) is 11.4 Å². The number of β-amino-alcohol motifs (C(OH)–C–C–N with tert-alkyl or cyclic N) is 1. The summed E-state index contributed by atoms with van der Waals surface area (Å²) in [4.78, 5) is 14.8. The van der Waals surface area contributed by atoms with Gasteiger partial charge in [0.1, 0.15) is 5.76 Å². The van der Waals surface area contributed by atoms with Gasteiger partial charge in [0.05, 0.1) is 6.54 Å². The highest BCUT2D eigenvalue weighted by Crippen LogP contribution is 2.29. The minimum Gasteiger partial charge on any atom is -0.371 e. The molecule has 1 atom stereocenters. The lowest BCUT2D eigenvalue weighted by atomic mass is 9.93. The predicted molar refractivity (Wildman–Crippen MR) is 66.3 cm³/mol. The van der Waals surface area contributed by atoms with Crippen LogP contribution in [-0.2, 0) is 5.41 Å². The summed E-state index contributed by atoms with van der Waals surface area (Å²) in [6.45, 7) is 8.73. The van der Waals surface area contributed by atoms with E-state index < -0.39 is 6.23 Å². The summed E-state index contributed by atoms with van der Waals surface area (Å²) in [6, 6.07) is 1.47. The molecule has 6 heteroatoms. The van der Waals surface area contributed by atoms with Crippen LogP contribution < -0.4 is 4.90 Å². The number of hydrogen-bond donors (Lipinski definition) is 1. The standard InChI is InChI=1S/C12H19N3O3/c1-5-14-7-10(16)15(11(14)17)9-6-8(18-13-9)12(2,3)4/h6,10,16H,5,7H2,1-4H3. The maximum atomic E-state index is 12.0. The number of nitrogens with zero attached hydrogens (tertiary/aromatic N) is 3. The lowest BCUT2D eigenvalue weighted by molar-refractivity contribution is 0.177. The molecule has 0 bridgehead atoms. The van der Waals surface area contributed by atoms with Crippen molar-refractivity contribution in [1.82, 2.24) is 10.1 Å². The molecule has 1 aliphatic rings. The van der Waals surface area contributed by atoms with Gasteiger partial charge in [-0.1, -0.05) is 25.9 Å². The van der Waals surface area contributed by atoms with Crippen molar-refractivity contribution in [2.24, 2.45) is 0 Å². The minimum atomic E-state index is -0.865. The highest BCUT2D eigenvalue weighted by atomic mass is 16.5. The SMILES string of the molecule is CCN1CC(O)N(c2cc(C(C)(C)C)on2)C1=O. The number of amides is 2. The summed E-state index contributed by atoms with van der Waals surface area (Å²) in [5, 5.41) is 13.8. The smallest absolute Gasteiger partial charge is 0.328 e. The molecule has 1 aliphatic heterocycles. The third-order valence-electron chi connectivity index (χ3n) is 3.02. The van der Waals surface area contributed by atoms with E-state index in [1.807, 2.05) is 27.7 Å². The Balaban J connectivity index is 2.27. The van der Waals surface area contributed by atoms with Gasteiger partial charge in [-0.2, -0.15) is 0 Å². The van der Waals surface area contributed by atoms with Crippen molar-refractivity contribution in [2.45, 2.75) is 39.3 Å². The molecule has 0 aliphatic carbocycles. The third-order valence-corrected chi connectivity index (χ3v) is 3.02. The van der Waals surface area contributed by atoms with E-state index in [1.54, 1.807) is 11.0 Å². The van der Waals surface area contributed by atoms with E-state index in [0.717, 1.165) is 0 Å². The topological polar surface area (TPSA) is 69.8 Å². The first-order chi connectivity index (χ1) is 8.34. The number of carbonyl (C=O) groups is 1. The predicted octanol–water partition coefficient (Wildman–Crippen LogP) is 1.55. The highest BCUT2D eigenvalue weighted by molar-refractivity contribution is 5.93. The van der Waals surface area contributed by atoms with E-state index in [9.17, 15) is 9.90 Å². The molecule has 18 heavy (non-hydrogen) atoms. The number of hydrogen-bond acceptors (Lipinski definition) is 4. The van der Waals surface area contributed by atoms with Crippen LogP contribution >= 0.6 is 0 Å². The first-order valence-electron chi connectivity index (χ1n) is 6.08. The molecular formula is C12H19N3O3. The second kappa shape index (κ2) is 4.28. The van der Waals surface area contributed by atoms with Gasteiger partial charge < -0.3 is 14.5 Å². The fourth-order valence-electron chi connectivity index (χ4n) is 1.88. The van der Waals surface area contributed by atoms with Crippen molar-refractivity contribution in [3.8, 4) is 0 Å². The lowest BCUT2D eigenvalue weighted by Crippen LogP contribution is -2.35. The Morgan fingerprint density at radius 3 is 2.67 bits per heavy atom. The summed E-state index contributed by atoms with van der Waals surface area (Å²) in [5.41, 5.74) is -0.177. The van der Waals surface area contributed by atoms with Crippen LogP contribution in [0.5, 0.6) is 0 Å². The third kappa shape index (κ3) is 2.08. The average Bonchev–Trinajstić information content (AvgIpc) is 2.83. The van der Waals surface area contributed by atoms with Gasteiger partial charge >= 0.3 is 6.03 Å². The molecular weight excluding hydrogens is 234 g/mol. The lowest BCUT2D eigenvalue weighted by Gasteiger charge is -2.16. The van der Waals surface area contributed by atoms with Gasteiger partial charge in [0.25, 0.3) is 0 Å². The number of urea groups is 1. The zero-order valence-electron chi connectivity index (χ0n) is 11.2. The number of aliphatic hydroxyl groups is 1. The van der Waals surface area contributed by atoms with Crippen LogP contribution in [0, 0.1) is 0 Å². The fraction of sp³-hybridized carbons (Fsp3) is 0.667. The number of likely N-dealkylation sites (N-methyl/N-ethyl adjacent to an activating group) is 1. The van der Waals surface area contributed by atoms with Crippen LogP contribution in [0.4, 0.5) is 10.6 Å². The molecule has 2 rings (SSSR count). The van der Waals surface area contributed by atoms with Crippen molar-refractivity contribution >= 4 is 11.8 Å². The van der Waals surface area contributed by atoms with Crippen molar-refractivity contribution < 1.29 is 14.4 Å². The Kier molecular flexibility index (Phi) is 3.06. The molecule has 1 aromatic rings. The van der Waals surface area contributed by atoms with Gasteiger partial charge in [0.2, 0.25) is 0 Å². The monoisotopic (exact) mass is 253 g/mol. The minimum absolute atomic E-state index is 0.177. The van der Waals surface area contributed by atoms with Gasteiger partial charge in [0, 0.05) is 18.0 Å². The second-order valence-corrected chi connectivity index (χ2v) is 5.47. The molecule has 2 amide bonds. The van der Waals surface area contributed by atoms with E-state index in [4.69, 9.17) is 4.52 Å². The summed E-state index contributed by atoms with van der Waals surface area (Å²) in [7, 11) is 0. The molecule has 6 nitrogen and oxygen atoms in total. The van der Waals surface area contributed by atoms with E-state index in [1.165, 1.54) is 4.90 Å². The Labute approximate surface area is 106 Å². The van der Waals surface area contributed by atoms with Crippen molar-refractivity contribution in [2.75, 3.05) is 18.0 Å². The highest BCUT2D eigenvalue weighted by Gasteiger charge is 2.38. The van der Waals surface area contributed by atoms with Crippen LogP contribution in [0.15, 0.2) is 10.6 Å². The molecule has 1 aromatic heterocycles. The van der Waals surface area contributed by atoms with Gasteiger partial charge in [-0.15, -0.1) is 0 Å². The normalized spacial score (nSPS) is 20.9. The van der Waals surface area contributed by atoms with Crippen LogP contribution in [0.25, 0.3) is 0 Å². The van der Waals surface area contributed by atoms with Gasteiger partial charge in [-0.25, -0.2) is 9.69 Å². The number of rotatable bonds is 2. The molecule has 1 N–H and O–H groups in total. The summed E-state index contributed by atoms with van der Waals surface area (Å²) >= 11 is 0. The summed E-state index contributed by atoms with van der Waals surface area (Å²) in [6.07, 6.45) is -0.865. The largest absolute Gasteiger partial charge is 0.371 e. The van der Waals surface area contributed by atoms with Crippen LogP contribution in [0.1, 0.15) is 33.5 Å². The molecule has 100 valence electrons. The molecule has 0 radical (unpaired) electrons. The molecule has 1 saturated heterocycles. The van der Waals surface area contributed by atoms with Gasteiger partial charge in [-0.05, 0) is 6.92 Å². The Bertz CT molecular complexity index is 450. The number of anilines is 1. The van der Waals surface area contributed by atoms with E-state index in [2.05, 4.69) is 5.16 Å².